The van der Waals surface area contributed by atoms with Crippen LogP contribution in [0.25, 0.3) is 11.0 Å². The third-order valence-electron chi connectivity index (χ3n) is 3.68. The summed E-state index contributed by atoms with van der Waals surface area (Å²) >= 11 is 0. The van der Waals surface area contributed by atoms with Crippen molar-refractivity contribution < 1.29 is 13.9 Å². The zero-order chi connectivity index (χ0) is 15.7. The van der Waals surface area contributed by atoms with E-state index >= 15 is 0 Å². The molecule has 0 bridgehead atoms. The summed E-state index contributed by atoms with van der Waals surface area (Å²) in [5.74, 6) is 0. The molecule has 1 fully saturated rings. The molecule has 0 aliphatic carbocycles. The summed E-state index contributed by atoms with van der Waals surface area (Å²) in [7, 11) is 0. The molecule has 1 aliphatic heterocycles. The highest BCUT2D eigenvalue weighted by molar-refractivity contribution is 5.89. The molecule has 1 saturated heterocycles. The number of para-hydroxylation sites is 1. The predicted molar refractivity (Wildman–Crippen MR) is 86.0 cm³/mol. The van der Waals surface area contributed by atoms with Crippen molar-refractivity contribution in [2.75, 3.05) is 18.4 Å². The number of amides is 1. The smallest absolute Gasteiger partial charge is 0.410 e. The number of anilines is 1. The van der Waals surface area contributed by atoms with Crippen LogP contribution < -0.4 is 5.32 Å². The molecule has 1 aliphatic rings. The van der Waals surface area contributed by atoms with Crippen molar-refractivity contribution >= 4 is 22.7 Å². The van der Waals surface area contributed by atoms with E-state index in [1.54, 1.807) is 11.2 Å². The number of fused-ring (bicyclic) bond motifs is 1. The van der Waals surface area contributed by atoms with Crippen LogP contribution in [-0.2, 0) is 4.74 Å². The van der Waals surface area contributed by atoms with Crippen molar-refractivity contribution in [3.05, 3.63) is 30.5 Å². The van der Waals surface area contributed by atoms with Gasteiger partial charge in [0.05, 0.1) is 12.0 Å². The Morgan fingerprint density at radius 2 is 2.18 bits per heavy atom. The highest BCUT2D eigenvalue weighted by Gasteiger charge is 2.30. The number of nitrogens with one attached hydrogen (secondary N) is 1. The van der Waals surface area contributed by atoms with Crippen LogP contribution in [0.15, 0.2) is 34.9 Å². The largest absolute Gasteiger partial charge is 0.462 e. The number of carbonyl (C=O) groups excluding carboxylic acids is 1. The lowest BCUT2D eigenvalue weighted by Gasteiger charge is -2.24. The molecule has 5 nitrogen and oxygen atoms in total. The van der Waals surface area contributed by atoms with Crippen molar-refractivity contribution in [2.45, 2.75) is 38.8 Å². The monoisotopic (exact) mass is 302 g/mol. The summed E-state index contributed by atoms with van der Waals surface area (Å²) in [6, 6.07) is 8.18. The van der Waals surface area contributed by atoms with Crippen molar-refractivity contribution in [1.82, 2.24) is 4.90 Å². The van der Waals surface area contributed by atoms with Crippen LogP contribution >= 0.6 is 0 Å². The van der Waals surface area contributed by atoms with Crippen LogP contribution in [0.2, 0.25) is 0 Å². The van der Waals surface area contributed by atoms with Crippen molar-refractivity contribution in [1.29, 1.82) is 0 Å². The van der Waals surface area contributed by atoms with E-state index < -0.39 is 5.60 Å². The van der Waals surface area contributed by atoms with Crippen LogP contribution in [-0.4, -0.2) is 35.7 Å². The van der Waals surface area contributed by atoms with E-state index in [9.17, 15) is 4.79 Å². The molecule has 0 spiro atoms. The van der Waals surface area contributed by atoms with Gasteiger partial charge in [-0.25, -0.2) is 4.79 Å². The Morgan fingerprint density at radius 1 is 1.36 bits per heavy atom. The van der Waals surface area contributed by atoms with Crippen molar-refractivity contribution in [3.8, 4) is 0 Å². The summed E-state index contributed by atoms with van der Waals surface area (Å²) in [4.78, 5) is 13.8. The molecule has 3 rings (SSSR count). The highest BCUT2D eigenvalue weighted by Crippen LogP contribution is 2.26. The summed E-state index contributed by atoms with van der Waals surface area (Å²) in [6.45, 7) is 7.00. The first-order valence-corrected chi connectivity index (χ1v) is 7.63. The maximum absolute atomic E-state index is 12.1. The number of benzene rings is 1. The van der Waals surface area contributed by atoms with Gasteiger partial charge in [0.15, 0.2) is 5.58 Å². The number of nitrogens with zero attached hydrogens (tertiary/aromatic N) is 1. The molecule has 1 amide bonds. The van der Waals surface area contributed by atoms with E-state index in [0.717, 1.165) is 23.1 Å². The Labute approximate surface area is 130 Å². The third-order valence-corrected chi connectivity index (χ3v) is 3.68. The fraction of sp³-hybridized carbons (Fsp3) is 0.471. The average Bonchev–Trinajstić information content (AvgIpc) is 3.05. The van der Waals surface area contributed by atoms with Gasteiger partial charge in [0.2, 0.25) is 0 Å². The van der Waals surface area contributed by atoms with Crippen LogP contribution in [0.4, 0.5) is 10.5 Å². The molecule has 2 aromatic rings. The molecule has 0 saturated carbocycles. The van der Waals surface area contributed by atoms with Gasteiger partial charge in [-0.2, -0.15) is 0 Å². The first kappa shape index (κ1) is 14.8. The molecule has 118 valence electrons. The van der Waals surface area contributed by atoms with Gasteiger partial charge in [0, 0.05) is 24.5 Å². The topological polar surface area (TPSA) is 54.7 Å². The van der Waals surface area contributed by atoms with Gasteiger partial charge in [-0.1, -0.05) is 12.1 Å². The Bertz CT molecular complexity index is 672. The van der Waals surface area contributed by atoms with Crippen molar-refractivity contribution in [2.24, 2.45) is 0 Å². The lowest BCUT2D eigenvalue weighted by atomic mass is 10.2. The maximum atomic E-state index is 12.1. The molecule has 1 aromatic carbocycles. The second-order valence-electron chi connectivity index (χ2n) is 6.70. The van der Waals surface area contributed by atoms with Crippen LogP contribution in [0.5, 0.6) is 0 Å². The molecule has 5 heteroatoms. The van der Waals surface area contributed by atoms with E-state index in [4.69, 9.17) is 9.15 Å². The van der Waals surface area contributed by atoms with Crippen LogP contribution in [0, 0.1) is 0 Å². The Hall–Kier alpha value is -2.17. The van der Waals surface area contributed by atoms with Gasteiger partial charge in [0.25, 0.3) is 0 Å². The molecular weight excluding hydrogens is 280 g/mol. The Balaban J connectivity index is 1.64. The van der Waals surface area contributed by atoms with Crippen LogP contribution in [0.1, 0.15) is 27.2 Å². The molecule has 1 atom stereocenters. The number of furan rings is 1. The van der Waals surface area contributed by atoms with Gasteiger partial charge < -0.3 is 19.4 Å². The maximum Gasteiger partial charge on any atom is 0.410 e. The van der Waals surface area contributed by atoms with Crippen molar-refractivity contribution in [3.63, 3.8) is 0 Å². The molecule has 1 aromatic heterocycles. The SMILES string of the molecule is CC(C)(C)OC(=O)N1CC[C@H](Nc2cccc3ccoc23)C1. The van der Waals surface area contributed by atoms with Crippen LogP contribution in [0.3, 0.4) is 0 Å². The average molecular weight is 302 g/mol. The number of hydrogen-bond acceptors (Lipinski definition) is 4. The van der Waals surface area contributed by atoms with E-state index in [-0.39, 0.29) is 12.1 Å². The van der Waals surface area contributed by atoms with Gasteiger partial charge >= 0.3 is 6.09 Å². The quantitative estimate of drug-likeness (QED) is 0.915. The normalized spacial score (nSPS) is 18.7. The Morgan fingerprint density at radius 3 is 2.95 bits per heavy atom. The minimum absolute atomic E-state index is 0.211. The Kier molecular flexibility index (Phi) is 3.72. The molecule has 0 unspecified atom stereocenters. The van der Waals surface area contributed by atoms with E-state index in [1.807, 2.05) is 45.0 Å². The summed E-state index contributed by atoms with van der Waals surface area (Å²) in [5, 5.41) is 4.55. The number of ether oxygens (including phenoxy) is 1. The molecule has 0 radical (unpaired) electrons. The number of rotatable bonds is 2. The second-order valence-corrected chi connectivity index (χ2v) is 6.70. The zero-order valence-electron chi connectivity index (χ0n) is 13.3. The second kappa shape index (κ2) is 5.55. The molecule has 1 N–H and O–H groups in total. The van der Waals surface area contributed by atoms with E-state index in [0.29, 0.717) is 13.1 Å². The predicted octanol–water partition coefficient (Wildman–Crippen LogP) is 3.85. The fourth-order valence-corrected chi connectivity index (χ4v) is 2.70. The number of hydrogen-bond donors (Lipinski definition) is 1. The third kappa shape index (κ3) is 3.18. The molecular formula is C17H22N2O3. The first-order valence-electron chi connectivity index (χ1n) is 7.63. The fourth-order valence-electron chi connectivity index (χ4n) is 2.70. The minimum atomic E-state index is -0.456. The van der Waals surface area contributed by atoms with E-state index in [1.165, 1.54) is 0 Å². The van der Waals surface area contributed by atoms with E-state index in [2.05, 4.69) is 5.32 Å². The highest BCUT2D eigenvalue weighted by atomic mass is 16.6. The first-order chi connectivity index (χ1) is 10.4. The standard InChI is InChI=1S/C17H22N2O3/c1-17(2,3)22-16(20)19-9-7-13(11-19)18-14-6-4-5-12-8-10-21-15(12)14/h4-6,8,10,13,18H,7,9,11H2,1-3H3/t13-/m0/s1. The summed E-state index contributed by atoms with van der Waals surface area (Å²) in [5.41, 5.74) is 1.37. The zero-order valence-corrected chi connectivity index (χ0v) is 13.3. The number of carbonyl (C=O) groups is 1. The number of likely N-dealkylation sites (tertiary alicyclic amines) is 1. The van der Waals surface area contributed by atoms with Gasteiger partial charge in [0.1, 0.15) is 5.60 Å². The van der Waals surface area contributed by atoms with Gasteiger partial charge in [-0.05, 0) is 39.3 Å². The molecule has 2 heterocycles. The van der Waals surface area contributed by atoms with Gasteiger partial charge in [-0.15, -0.1) is 0 Å². The molecule has 22 heavy (non-hydrogen) atoms. The van der Waals surface area contributed by atoms with Gasteiger partial charge in [-0.3, -0.25) is 0 Å². The lowest BCUT2D eigenvalue weighted by molar-refractivity contribution is 0.0293. The lowest BCUT2D eigenvalue weighted by Crippen LogP contribution is -2.36. The summed E-state index contributed by atoms with van der Waals surface area (Å²) < 4.78 is 11.0. The summed E-state index contributed by atoms with van der Waals surface area (Å²) in [6.07, 6.45) is 2.35. The minimum Gasteiger partial charge on any atom is -0.462 e.